The summed E-state index contributed by atoms with van der Waals surface area (Å²) in [5.74, 6) is 0.0637. The lowest BCUT2D eigenvalue weighted by molar-refractivity contribution is 0.449. The molecule has 0 radical (unpaired) electrons. The van der Waals surface area contributed by atoms with E-state index in [0.29, 0.717) is 0 Å². The minimum atomic E-state index is -0.356. The van der Waals surface area contributed by atoms with Crippen LogP contribution in [-0.2, 0) is 0 Å². The largest absolute Gasteiger partial charge is 0.302 e. The van der Waals surface area contributed by atoms with Crippen LogP contribution in [0.2, 0.25) is 0 Å². The van der Waals surface area contributed by atoms with Crippen molar-refractivity contribution in [1.29, 1.82) is 0 Å². The van der Waals surface area contributed by atoms with Crippen molar-refractivity contribution in [2.24, 2.45) is 10.4 Å². The van der Waals surface area contributed by atoms with Crippen LogP contribution in [0, 0.1) is 5.41 Å². The van der Waals surface area contributed by atoms with E-state index in [0.717, 1.165) is 55.9 Å². The van der Waals surface area contributed by atoms with Gasteiger partial charge in [0.05, 0.1) is 28.1 Å². The molecule has 3 aromatic heterocycles. The van der Waals surface area contributed by atoms with Crippen molar-refractivity contribution in [3.05, 3.63) is 221 Å². The molecule has 60 heavy (non-hydrogen) atoms. The molecular formula is C56H41N3S. The van der Waals surface area contributed by atoms with Gasteiger partial charge in [-0.05, 0) is 127 Å². The Morgan fingerprint density at radius 2 is 1.72 bits per heavy atom. The van der Waals surface area contributed by atoms with E-state index in [1.54, 1.807) is 0 Å². The molecule has 0 N–H and O–H groups in total. The molecule has 0 amide bonds. The van der Waals surface area contributed by atoms with Crippen molar-refractivity contribution in [3.8, 4) is 22.4 Å². The summed E-state index contributed by atoms with van der Waals surface area (Å²) < 4.78 is 3.63. The molecule has 0 spiro atoms. The molecule has 0 saturated carbocycles. The van der Waals surface area contributed by atoms with Crippen molar-refractivity contribution in [2.75, 3.05) is 0 Å². The lowest BCUT2D eigenvalue weighted by Crippen LogP contribution is -2.25. The SMILES string of the molecule is C=C/C(=C\C=C/C)c1ccc2sc3c(c2c1)C=C=C(n1c2ccc(-c4ccccc4-c4ccccn4)cc2c2cc(C4C=CC=CC4(C)C4=CC=C=CC=N4)ccc21)C=C3. The highest BCUT2D eigenvalue weighted by atomic mass is 32.1. The smallest absolute Gasteiger partial charge is 0.0891 e. The molecule has 10 rings (SSSR count). The number of benzene rings is 4. The molecule has 0 fully saturated rings. The summed E-state index contributed by atoms with van der Waals surface area (Å²) in [6, 6.07) is 35.2. The summed E-state index contributed by atoms with van der Waals surface area (Å²) in [7, 11) is 0. The van der Waals surface area contributed by atoms with Crippen LogP contribution in [0.4, 0.5) is 0 Å². The van der Waals surface area contributed by atoms with Gasteiger partial charge in [0.25, 0.3) is 0 Å². The molecule has 3 aliphatic rings. The van der Waals surface area contributed by atoms with Crippen LogP contribution in [0.3, 0.4) is 0 Å². The van der Waals surface area contributed by atoms with E-state index in [4.69, 9.17) is 9.98 Å². The van der Waals surface area contributed by atoms with Crippen LogP contribution >= 0.6 is 11.3 Å². The minimum Gasteiger partial charge on any atom is -0.302 e. The topological polar surface area (TPSA) is 30.2 Å². The maximum atomic E-state index is 4.88. The van der Waals surface area contributed by atoms with Gasteiger partial charge in [-0.3, -0.25) is 9.98 Å². The molecule has 4 aromatic carbocycles. The number of hydrogen-bond donors (Lipinski definition) is 0. The number of fused-ring (bicyclic) bond motifs is 6. The van der Waals surface area contributed by atoms with Crippen LogP contribution in [-0.4, -0.2) is 15.8 Å². The maximum absolute atomic E-state index is 4.88. The molecule has 0 saturated heterocycles. The van der Waals surface area contributed by atoms with Crippen molar-refractivity contribution in [1.82, 2.24) is 9.55 Å². The predicted octanol–water partition coefficient (Wildman–Crippen LogP) is 15.0. The predicted molar refractivity (Wildman–Crippen MR) is 258 cm³/mol. The highest BCUT2D eigenvalue weighted by Crippen LogP contribution is 2.48. The molecule has 2 aliphatic carbocycles. The molecule has 2 atom stereocenters. The molecule has 0 bridgehead atoms. The number of aromatic nitrogens is 2. The molecule has 7 aromatic rings. The molecule has 1 aliphatic heterocycles. The fraction of sp³-hybridized carbons (Fsp3) is 0.0714. The number of hydrogen-bond acceptors (Lipinski definition) is 3. The first-order valence-corrected chi connectivity index (χ1v) is 21.1. The van der Waals surface area contributed by atoms with Crippen LogP contribution in [0.1, 0.15) is 41.3 Å². The second kappa shape index (κ2) is 15.5. The van der Waals surface area contributed by atoms with Gasteiger partial charge in [-0.1, -0.05) is 109 Å². The van der Waals surface area contributed by atoms with E-state index in [2.05, 4.69) is 175 Å². The quantitative estimate of drug-likeness (QED) is 0.111. The van der Waals surface area contributed by atoms with Gasteiger partial charge in [0.15, 0.2) is 0 Å². The first-order valence-electron chi connectivity index (χ1n) is 20.3. The van der Waals surface area contributed by atoms with Crippen LogP contribution in [0.5, 0.6) is 0 Å². The first-order chi connectivity index (χ1) is 29.5. The van der Waals surface area contributed by atoms with E-state index >= 15 is 0 Å². The summed E-state index contributed by atoms with van der Waals surface area (Å²) in [4.78, 5) is 10.8. The third kappa shape index (κ3) is 6.41. The van der Waals surface area contributed by atoms with Gasteiger partial charge in [-0.15, -0.1) is 17.1 Å². The van der Waals surface area contributed by atoms with E-state index < -0.39 is 0 Å². The Morgan fingerprint density at radius 1 is 0.867 bits per heavy atom. The van der Waals surface area contributed by atoms with Crippen molar-refractivity contribution >= 4 is 72.9 Å². The van der Waals surface area contributed by atoms with Crippen molar-refractivity contribution in [3.63, 3.8) is 0 Å². The summed E-state index contributed by atoms with van der Waals surface area (Å²) in [5.41, 5.74) is 19.9. The number of thiophene rings is 1. The Kier molecular flexibility index (Phi) is 9.53. The molecular weight excluding hydrogens is 747 g/mol. The van der Waals surface area contributed by atoms with Crippen molar-refractivity contribution in [2.45, 2.75) is 19.8 Å². The maximum Gasteiger partial charge on any atom is 0.0891 e. The Morgan fingerprint density at radius 3 is 2.57 bits per heavy atom. The van der Waals surface area contributed by atoms with Gasteiger partial charge in [-0.25, -0.2) is 0 Å². The lowest BCUT2D eigenvalue weighted by Gasteiger charge is -2.36. The normalized spacial score (nSPS) is 18.4. The zero-order chi connectivity index (χ0) is 40.6. The number of nitrogens with zero attached hydrogens (tertiary/aromatic N) is 3. The lowest BCUT2D eigenvalue weighted by atomic mass is 9.68. The second-order valence-corrected chi connectivity index (χ2v) is 16.5. The Hall–Kier alpha value is -7.32. The average molecular weight is 788 g/mol. The highest BCUT2D eigenvalue weighted by molar-refractivity contribution is 7.20. The first kappa shape index (κ1) is 37.0. The highest BCUT2D eigenvalue weighted by Gasteiger charge is 2.37. The Labute approximate surface area is 354 Å². The van der Waals surface area contributed by atoms with E-state index in [1.807, 2.05) is 67.1 Å². The van der Waals surface area contributed by atoms with E-state index in [1.165, 1.54) is 36.9 Å². The van der Waals surface area contributed by atoms with E-state index in [9.17, 15) is 0 Å². The monoisotopic (exact) mass is 787 g/mol. The Balaban J connectivity index is 1.17. The molecule has 4 heterocycles. The van der Waals surface area contributed by atoms with Crippen LogP contribution in [0.15, 0.2) is 205 Å². The third-order valence-electron chi connectivity index (χ3n) is 11.9. The number of allylic oxidation sites excluding steroid dienone is 13. The molecule has 3 nitrogen and oxygen atoms in total. The standard InChI is InChI=1S/C56H41N3S/c1-4-6-16-38(5-2)39-24-30-54-48(35-39)45-27-25-42(26-31-53(45)60-54)59-51-28-22-40(43-17-9-10-18-44(43)50-20-12-15-33-57-50)36-46(51)47-37-41(23-29-52(47)59)49-19-11-13-32-56(49,3)55-21-8-7-14-34-58-55/h4-6,8-24,26-37,49H,2H2,1,3H3/b6-4-,38-16+. The van der Waals surface area contributed by atoms with Gasteiger partial charge in [0.1, 0.15) is 0 Å². The number of rotatable bonds is 8. The summed E-state index contributed by atoms with van der Waals surface area (Å²) in [6.07, 6.45) is 33.3. The van der Waals surface area contributed by atoms with Gasteiger partial charge >= 0.3 is 0 Å². The average Bonchev–Trinajstić information content (AvgIpc) is 3.52. The summed E-state index contributed by atoms with van der Waals surface area (Å²) in [6.45, 7) is 8.41. The van der Waals surface area contributed by atoms with Crippen LogP contribution < -0.4 is 0 Å². The van der Waals surface area contributed by atoms with Gasteiger partial charge in [0.2, 0.25) is 0 Å². The number of aliphatic imine (C=N–C) groups is 1. The molecule has 286 valence electrons. The fourth-order valence-corrected chi connectivity index (χ4v) is 9.91. The van der Waals surface area contributed by atoms with E-state index in [-0.39, 0.29) is 11.3 Å². The molecule has 4 heteroatoms. The summed E-state index contributed by atoms with van der Waals surface area (Å²) in [5, 5.41) is 3.59. The van der Waals surface area contributed by atoms with Gasteiger partial charge in [0, 0.05) is 60.6 Å². The number of pyridine rings is 1. The van der Waals surface area contributed by atoms with Gasteiger partial charge in [-0.2, -0.15) is 0 Å². The van der Waals surface area contributed by atoms with Gasteiger partial charge < -0.3 is 4.57 Å². The van der Waals surface area contributed by atoms with Crippen molar-refractivity contribution < 1.29 is 0 Å². The third-order valence-corrected chi connectivity index (χ3v) is 13.0. The zero-order valence-electron chi connectivity index (χ0n) is 33.5. The Bertz CT molecular complexity index is 3260. The molecule has 2 unspecified atom stereocenters. The minimum absolute atomic E-state index is 0.0637. The second-order valence-electron chi connectivity index (χ2n) is 15.4. The van der Waals surface area contributed by atoms with Crippen LogP contribution in [0.25, 0.3) is 77.7 Å². The fourth-order valence-electron chi connectivity index (χ4n) is 8.84. The zero-order valence-corrected chi connectivity index (χ0v) is 34.3. The summed E-state index contributed by atoms with van der Waals surface area (Å²) >= 11 is 1.82.